The van der Waals surface area contributed by atoms with E-state index < -0.39 is 6.04 Å². The number of halogens is 1. The van der Waals surface area contributed by atoms with E-state index in [2.05, 4.69) is 0 Å². The van der Waals surface area contributed by atoms with Gasteiger partial charge in [-0.1, -0.05) is 18.2 Å². The number of benzene rings is 1. The molecule has 0 fully saturated rings. The van der Waals surface area contributed by atoms with E-state index in [1.165, 1.54) is 0 Å². The second kappa shape index (κ2) is 3.59. The van der Waals surface area contributed by atoms with Crippen LogP contribution in [0.3, 0.4) is 0 Å². The van der Waals surface area contributed by atoms with Crippen LogP contribution in [-0.2, 0) is 4.79 Å². The molecule has 1 unspecified atom stereocenters. The monoisotopic (exact) mass is 212 g/mol. The third kappa shape index (κ3) is 1.29. The van der Waals surface area contributed by atoms with E-state index >= 15 is 0 Å². The van der Waals surface area contributed by atoms with Crippen LogP contribution in [0.15, 0.2) is 18.2 Å². The van der Waals surface area contributed by atoms with Crippen molar-refractivity contribution < 1.29 is 4.79 Å². The maximum absolute atomic E-state index is 11.5. The van der Waals surface area contributed by atoms with E-state index in [0.29, 0.717) is 0 Å². The lowest BCUT2D eigenvalue weighted by Gasteiger charge is -2.11. The van der Waals surface area contributed by atoms with Crippen molar-refractivity contribution in [3.63, 3.8) is 0 Å². The van der Waals surface area contributed by atoms with Crippen molar-refractivity contribution in [1.82, 2.24) is 0 Å². The summed E-state index contributed by atoms with van der Waals surface area (Å²) in [7, 11) is 1.76. The Bertz CT molecular complexity index is 378. The van der Waals surface area contributed by atoms with E-state index in [9.17, 15) is 4.79 Å². The average Bonchev–Trinajstić information content (AvgIpc) is 2.33. The van der Waals surface area contributed by atoms with Gasteiger partial charge in [0.25, 0.3) is 0 Å². The van der Waals surface area contributed by atoms with Crippen LogP contribution >= 0.6 is 12.4 Å². The lowest BCUT2D eigenvalue weighted by Crippen LogP contribution is -2.28. The van der Waals surface area contributed by atoms with Crippen LogP contribution in [0.25, 0.3) is 0 Å². The molecule has 1 heterocycles. The number of para-hydroxylation sites is 1. The Morgan fingerprint density at radius 2 is 2.07 bits per heavy atom. The fourth-order valence-electron chi connectivity index (χ4n) is 1.84. The van der Waals surface area contributed by atoms with Crippen molar-refractivity contribution >= 4 is 24.0 Å². The van der Waals surface area contributed by atoms with Gasteiger partial charge >= 0.3 is 0 Å². The summed E-state index contributed by atoms with van der Waals surface area (Å²) in [5.41, 5.74) is 8.77. The molecule has 0 radical (unpaired) electrons. The first-order valence-corrected chi connectivity index (χ1v) is 4.25. The fourth-order valence-corrected chi connectivity index (χ4v) is 1.84. The molecule has 1 aliphatic heterocycles. The smallest absolute Gasteiger partial charge is 0.248 e. The van der Waals surface area contributed by atoms with Crippen LogP contribution in [-0.4, -0.2) is 13.0 Å². The molecule has 1 aromatic rings. The third-order valence-electron chi connectivity index (χ3n) is 2.54. The molecule has 14 heavy (non-hydrogen) atoms. The second-order valence-electron chi connectivity index (χ2n) is 3.39. The molecule has 2 N–H and O–H groups in total. The molecule has 1 aromatic carbocycles. The Morgan fingerprint density at radius 1 is 1.43 bits per heavy atom. The number of amides is 1. The van der Waals surface area contributed by atoms with Crippen LogP contribution in [0.5, 0.6) is 0 Å². The minimum Gasteiger partial charge on any atom is -0.316 e. The van der Waals surface area contributed by atoms with Crippen LogP contribution in [0.1, 0.15) is 17.2 Å². The Labute approximate surface area is 89.3 Å². The highest BCUT2D eigenvalue weighted by atomic mass is 35.5. The molecule has 1 amide bonds. The van der Waals surface area contributed by atoms with Gasteiger partial charge in [0.05, 0.1) is 5.69 Å². The van der Waals surface area contributed by atoms with Crippen LogP contribution in [0.2, 0.25) is 0 Å². The minimum atomic E-state index is -0.472. The molecule has 0 aliphatic carbocycles. The van der Waals surface area contributed by atoms with Crippen molar-refractivity contribution in [2.24, 2.45) is 5.73 Å². The van der Waals surface area contributed by atoms with Crippen molar-refractivity contribution in [3.8, 4) is 0 Å². The Kier molecular flexibility index (Phi) is 2.83. The molecule has 0 aromatic heterocycles. The predicted octanol–water partition coefficient (Wildman–Crippen LogP) is 1.39. The van der Waals surface area contributed by atoms with Gasteiger partial charge in [-0.15, -0.1) is 12.4 Å². The maximum atomic E-state index is 11.5. The normalized spacial score (nSPS) is 19.2. The molecule has 0 saturated carbocycles. The van der Waals surface area contributed by atoms with Crippen LogP contribution < -0.4 is 10.6 Å². The van der Waals surface area contributed by atoms with Gasteiger partial charge in [-0.2, -0.15) is 0 Å². The van der Waals surface area contributed by atoms with Gasteiger partial charge in [-0.25, -0.2) is 0 Å². The summed E-state index contributed by atoms with van der Waals surface area (Å²) in [6.45, 7) is 1.99. The molecule has 0 saturated heterocycles. The molecule has 0 bridgehead atoms. The second-order valence-corrected chi connectivity index (χ2v) is 3.39. The summed E-state index contributed by atoms with van der Waals surface area (Å²) in [5.74, 6) is -0.0238. The summed E-state index contributed by atoms with van der Waals surface area (Å²) in [6.07, 6.45) is 0. The summed E-state index contributed by atoms with van der Waals surface area (Å²) in [6, 6.07) is 5.36. The lowest BCUT2D eigenvalue weighted by molar-refractivity contribution is -0.118. The third-order valence-corrected chi connectivity index (χ3v) is 2.54. The summed E-state index contributed by atoms with van der Waals surface area (Å²) in [4.78, 5) is 13.1. The van der Waals surface area contributed by atoms with E-state index in [4.69, 9.17) is 5.73 Å². The van der Waals surface area contributed by atoms with Crippen molar-refractivity contribution in [2.75, 3.05) is 11.9 Å². The highest BCUT2D eigenvalue weighted by Crippen LogP contribution is 2.35. The summed E-state index contributed by atoms with van der Waals surface area (Å²) in [5, 5.41) is 0. The predicted molar refractivity (Wildman–Crippen MR) is 58.8 cm³/mol. The highest BCUT2D eigenvalue weighted by Gasteiger charge is 2.32. The number of likely N-dealkylation sites (N-methyl/N-ethyl adjacent to an activating group) is 1. The van der Waals surface area contributed by atoms with Crippen LogP contribution in [0.4, 0.5) is 5.69 Å². The average molecular weight is 213 g/mol. The molecule has 0 spiro atoms. The van der Waals surface area contributed by atoms with E-state index in [1.54, 1.807) is 11.9 Å². The Balaban J connectivity index is 0.000000980. The molecule has 1 atom stereocenters. The zero-order chi connectivity index (χ0) is 9.59. The molecule has 3 nitrogen and oxygen atoms in total. The molecular weight excluding hydrogens is 200 g/mol. The largest absolute Gasteiger partial charge is 0.316 e. The van der Waals surface area contributed by atoms with Gasteiger partial charge in [-0.05, 0) is 12.5 Å². The van der Waals surface area contributed by atoms with E-state index in [-0.39, 0.29) is 18.3 Å². The van der Waals surface area contributed by atoms with Crippen molar-refractivity contribution in [1.29, 1.82) is 0 Å². The maximum Gasteiger partial charge on any atom is 0.248 e. The topological polar surface area (TPSA) is 46.3 Å². The Morgan fingerprint density at radius 3 is 2.64 bits per heavy atom. The number of anilines is 1. The molecule has 2 rings (SSSR count). The standard InChI is InChI=1S/C10H12N2O.ClH/c1-6-4-3-5-7-8(11)10(13)12(2)9(6)7;/h3-5,8H,11H2,1-2H3;1H. The first-order chi connectivity index (χ1) is 6.13. The zero-order valence-corrected chi connectivity index (χ0v) is 8.97. The number of carbonyl (C=O) groups excluding carboxylic acids is 1. The molecular formula is C10H13ClN2O. The number of hydrogen-bond acceptors (Lipinski definition) is 2. The van der Waals surface area contributed by atoms with Gasteiger partial charge in [0.15, 0.2) is 0 Å². The number of carbonyl (C=O) groups is 1. The minimum absolute atomic E-state index is 0. The first-order valence-electron chi connectivity index (χ1n) is 4.25. The van der Waals surface area contributed by atoms with Crippen molar-refractivity contribution in [3.05, 3.63) is 29.3 Å². The van der Waals surface area contributed by atoms with Gasteiger partial charge in [-0.3, -0.25) is 4.79 Å². The van der Waals surface area contributed by atoms with Crippen molar-refractivity contribution in [2.45, 2.75) is 13.0 Å². The highest BCUT2D eigenvalue weighted by molar-refractivity contribution is 6.04. The van der Waals surface area contributed by atoms with E-state index in [0.717, 1.165) is 16.8 Å². The number of nitrogens with two attached hydrogens (primary N) is 1. The fraction of sp³-hybridized carbons (Fsp3) is 0.300. The van der Waals surface area contributed by atoms with Gasteiger partial charge in [0.1, 0.15) is 6.04 Å². The molecule has 1 aliphatic rings. The summed E-state index contributed by atoms with van der Waals surface area (Å²) < 4.78 is 0. The number of hydrogen-bond donors (Lipinski definition) is 1. The number of aryl methyl sites for hydroxylation is 1. The molecule has 4 heteroatoms. The number of rotatable bonds is 0. The summed E-state index contributed by atoms with van der Waals surface area (Å²) >= 11 is 0. The van der Waals surface area contributed by atoms with Gasteiger partial charge < -0.3 is 10.6 Å². The zero-order valence-electron chi connectivity index (χ0n) is 8.15. The number of nitrogens with zero attached hydrogens (tertiary/aromatic N) is 1. The van der Waals surface area contributed by atoms with Gasteiger partial charge in [0, 0.05) is 12.6 Å². The SMILES string of the molecule is Cc1cccc2c1N(C)C(=O)C2N.Cl. The van der Waals surface area contributed by atoms with Crippen LogP contribution in [0, 0.1) is 6.92 Å². The Hall–Kier alpha value is -1.06. The quantitative estimate of drug-likeness (QED) is 0.707. The number of fused-ring (bicyclic) bond motifs is 1. The lowest BCUT2D eigenvalue weighted by atomic mass is 10.1. The molecule has 76 valence electrons. The van der Waals surface area contributed by atoms with E-state index in [1.807, 2.05) is 25.1 Å². The first kappa shape index (κ1) is 11.0. The van der Waals surface area contributed by atoms with Gasteiger partial charge in [0.2, 0.25) is 5.91 Å².